The van der Waals surface area contributed by atoms with Crippen molar-refractivity contribution < 1.29 is 24.2 Å². The fraction of sp³-hybridized carbons (Fsp3) is 0.833. The van der Waals surface area contributed by atoms with Gasteiger partial charge in [-0.2, -0.15) is 0 Å². The number of aliphatic hydroxyl groups excluding tert-OH is 1. The molecule has 2 unspecified atom stereocenters. The highest BCUT2D eigenvalue weighted by atomic mass is 16.6. The molecule has 0 aromatic carbocycles. The Morgan fingerprint density at radius 2 is 2.29 bits per heavy atom. The lowest BCUT2D eigenvalue weighted by Crippen LogP contribution is -2.38. The van der Waals surface area contributed by atoms with E-state index in [0.717, 1.165) is 12.8 Å². The van der Waals surface area contributed by atoms with Gasteiger partial charge in [0.15, 0.2) is 5.41 Å². The molecule has 0 amide bonds. The van der Waals surface area contributed by atoms with Gasteiger partial charge in [-0.3, -0.25) is 9.59 Å². The van der Waals surface area contributed by atoms with Gasteiger partial charge in [-0.05, 0) is 19.8 Å². The Morgan fingerprint density at radius 3 is 2.82 bits per heavy atom. The molecule has 17 heavy (non-hydrogen) atoms. The van der Waals surface area contributed by atoms with Gasteiger partial charge >= 0.3 is 11.9 Å². The van der Waals surface area contributed by atoms with E-state index in [9.17, 15) is 9.59 Å². The van der Waals surface area contributed by atoms with Crippen LogP contribution >= 0.6 is 0 Å². The molecule has 1 heterocycles. The van der Waals surface area contributed by atoms with E-state index in [4.69, 9.17) is 14.6 Å². The van der Waals surface area contributed by atoms with E-state index < -0.39 is 17.4 Å². The molecule has 2 atom stereocenters. The molecule has 0 aromatic rings. The van der Waals surface area contributed by atoms with Crippen molar-refractivity contribution in [1.29, 1.82) is 0 Å². The van der Waals surface area contributed by atoms with Crippen molar-refractivity contribution >= 4 is 11.9 Å². The Kier molecular flexibility index (Phi) is 4.93. The van der Waals surface area contributed by atoms with Crippen molar-refractivity contribution in [1.82, 2.24) is 0 Å². The molecule has 0 saturated carbocycles. The van der Waals surface area contributed by atoms with Crippen LogP contribution in [-0.2, 0) is 19.1 Å². The second kappa shape index (κ2) is 6.00. The average Bonchev–Trinajstić information content (AvgIpc) is 2.58. The van der Waals surface area contributed by atoms with E-state index >= 15 is 0 Å². The van der Waals surface area contributed by atoms with Crippen molar-refractivity contribution in [2.45, 2.75) is 45.6 Å². The van der Waals surface area contributed by atoms with E-state index in [1.807, 2.05) is 6.92 Å². The summed E-state index contributed by atoms with van der Waals surface area (Å²) in [5, 5.41) is 9.03. The summed E-state index contributed by atoms with van der Waals surface area (Å²) in [5.41, 5.74) is -1.29. The number of carbonyl (C=O) groups excluding carboxylic acids is 2. The predicted molar refractivity (Wildman–Crippen MR) is 60.2 cm³/mol. The van der Waals surface area contributed by atoms with Crippen LogP contribution in [-0.4, -0.2) is 36.4 Å². The predicted octanol–water partition coefficient (Wildman–Crippen LogP) is 1.03. The molecular weight excluding hydrogens is 224 g/mol. The number of aliphatic hydroxyl groups is 1. The summed E-state index contributed by atoms with van der Waals surface area (Å²) < 4.78 is 10.1. The topological polar surface area (TPSA) is 72.8 Å². The SMILES string of the molecule is CCCC1CC(CCO)(C(=O)OCC)C(=O)O1. The molecule has 0 aliphatic carbocycles. The largest absolute Gasteiger partial charge is 0.465 e. The third kappa shape index (κ3) is 2.77. The minimum Gasteiger partial charge on any atom is -0.465 e. The third-order valence-electron chi connectivity index (χ3n) is 3.06. The van der Waals surface area contributed by atoms with Gasteiger partial charge in [0.1, 0.15) is 6.10 Å². The summed E-state index contributed by atoms with van der Waals surface area (Å²) in [5.74, 6) is -1.12. The highest BCUT2D eigenvalue weighted by Gasteiger charge is 2.55. The molecule has 1 rings (SSSR count). The van der Waals surface area contributed by atoms with Crippen LogP contribution in [0.2, 0.25) is 0 Å². The quantitative estimate of drug-likeness (QED) is 0.558. The number of ether oxygens (including phenoxy) is 2. The molecule has 1 aliphatic heterocycles. The van der Waals surface area contributed by atoms with E-state index in [2.05, 4.69) is 0 Å². The average molecular weight is 244 g/mol. The second-order valence-electron chi connectivity index (χ2n) is 4.30. The van der Waals surface area contributed by atoms with Gasteiger partial charge in [-0.25, -0.2) is 0 Å². The van der Waals surface area contributed by atoms with Gasteiger partial charge in [0, 0.05) is 13.0 Å². The third-order valence-corrected chi connectivity index (χ3v) is 3.06. The monoisotopic (exact) mass is 244 g/mol. The van der Waals surface area contributed by atoms with E-state index in [1.54, 1.807) is 6.92 Å². The molecule has 0 aromatic heterocycles. The smallest absolute Gasteiger partial charge is 0.324 e. The lowest BCUT2D eigenvalue weighted by molar-refractivity contribution is -0.166. The first-order valence-electron chi connectivity index (χ1n) is 6.09. The molecule has 0 spiro atoms. The fourth-order valence-corrected chi connectivity index (χ4v) is 2.19. The standard InChI is InChI=1S/C12H20O5/c1-3-5-9-8-12(6-7-13,11(15)17-9)10(14)16-4-2/h9,13H,3-8H2,1-2H3. The summed E-state index contributed by atoms with van der Waals surface area (Å²) in [4.78, 5) is 23.7. The minimum atomic E-state index is -1.29. The molecule has 0 radical (unpaired) electrons. The maximum absolute atomic E-state index is 11.9. The van der Waals surface area contributed by atoms with Crippen molar-refractivity contribution in [2.75, 3.05) is 13.2 Å². The molecule has 0 bridgehead atoms. The van der Waals surface area contributed by atoms with Crippen LogP contribution in [0.4, 0.5) is 0 Å². The second-order valence-corrected chi connectivity index (χ2v) is 4.30. The first kappa shape index (κ1) is 14.0. The van der Waals surface area contributed by atoms with E-state index in [1.165, 1.54) is 0 Å². The molecule has 5 nitrogen and oxygen atoms in total. The number of hydrogen-bond donors (Lipinski definition) is 1. The minimum absolute atomic E-state index is 0.0743. The lowest BCUT2D eigenvalue weighted by atomic mass is 9.81. The Hall–Kier alpha value is -1.10. The molecule has 1 fully saturated rings. The number of carbonyl (C=O) groups is 2. The molecule has 98 valence electrons. The van der Waals surface area contributed by atoms with Gasteiger partial charge < -0.3 is 14.6 Å². The lowest BCUT2D eigenvalue weighted by Gasteiger charge is -2.21. The fourth-order valence-electron chi connectivity index (χ4n) is 2.19. The maximum atomic E-state index is 11.9. The van der Waals surface area contributed by atoms with Crippen molar-refractivity contribution in [3.05, 3.63) is 0 Å². The van der Waals surface area contributed by atoms with Crippen molar-refractivity contribution in [3.63, 3.8) is 0 Å². The van der Waals surface area contributed by atoms with Crippen LogP contribution in [0.25, 0.3) is 0 Å². The highest BCUT2D eigenvalue weighted by Crippen LogP contribution is 2.39. The van der Waals surface area contributed by atoms with Gasteiger partial charge in [-0.1, -0.05) is 13.3 Å². The zero-order valence-corrected chi connectivity index (χ0v) is 10.4. The summed E-state index contributed by atoms with van der Waals surface area (Å²) in [6, 6.07) is 0. The van der Waals surface area contributed by atoms with Crippen LogP contribution < -0.4 is 0 Å². The molecule has 1 N–H and O–H groups in total. The zero-order chi connectivity index (χ0) is 12.9. The summed E-state index contributed by atoms with van der Waals surface area (Å²) >= 11 is 0. The Balaban J connectivity index is 2.84. The Morgan fingerprint density at radius 1 is 1.59 bits per heavy atom. The Bertz CT molecular complexity index is 289. The van der Waals surface area contributed by atoms with Gasteiger partial charge in [0.25, 0.3) is 0 Å². The maximum Gasteiger partial charge on any atom is 0.324 e. The molecule has 5 heteroatoms. The number of rotatable bonds is 6. The first-order valence-corrected chi connectivity index (χ1v) is 6.09. The summed E-state index contributed by atoms with van der Waals surface area (Å²) in [6.07, 6.45) is 1.78. The summed E-state index contributed by atoms with van der Waals surface area (Å²) in [6.45, 7) is 3.67. The van der Waals surface area contributed by atoms with Crippen molar-refractivity contribution in [2.24, 2.45) is 5.41 Å². The number of cyclic esters (lactones) is 1. The van der Waals surface area contributed by atoms with Crippen LogP contribution in [0.5, 0.6) is 0 Å². The normalized spacial score (nSPS) is 27.9. The Labute approximate surface area is 101 Å². The first-order chi connectivity index (χ1) is 8.10. The van der Waals surface area contributed by atoms with E-state index in [-0.39, 0.29) is 25.7 Å². The van der Waals surface area contributed by atoms with Crippen LogP contribution in [0.15, 0.2) is 0 Å². The summed E-state index contributed by atoms with van der Waals surface area (Å²) in [7, 11) is 0. The van der Waals surface area contributed by atoms with Gasteiger partial charge in [0.05, 0.1) is 6.61 Å². The van der Waals surface area contributed by atoms with Crippen molar-refractivity contribution in [3.8, 4) is 0 Å². The number of hydrogen-bond acceptors (Lipinski definition) is 5. The van der Waals surface area contributed by atoms with Crippen LogP contribution in [0.3, 0.4) is 0 Å². The number of esters is 2. The van der Waals surface area contributed by atoms with E-state index in [0.29, 0.717) is 6.42 Å². The molecule has 1 saturated heterocycles. The molecule has 1 aliphatic rings. The highest BCUT2D eigenvalue weighted by molar-refractivity contribution is 6.01. The van der Waals surface area contributed by atoms with Gasteiger partial charge in [-0.15, -0.1) is 0 Å². The van der Waals surface area contributed by atoms with Gasteiger partial charge in [0.2, 0.25) is 0 Å². The van der Waals surface area contributed by atoms with Crippen LogP contribution in [0, 0.1) is 5.41 Å². The molecular formula is C12H20O5. The zero-order valence-electron chi connectivity index (χ0n) is 10.4. The van der Waals surface area contributed by atoms with Crippen LogP contribution in [0.1, 0.15) is 39.5 Å².